The second kappa shape index (κ2) is 5.19. The van der Waals surface area contributed by atoms with E-state index in [9.17, 15) is 0 Å². The number of benzene rings is 2. The van der Waals surface area contributed by atoms with Gasteiger partial charge in [-0.2, -0.15) is 0 Å². The van der Waals surface area contributed by atoms with Crippen molar-refractivity contribution < 1.29 is 9.52 Å². The molecular formula is C16H13BrO2. The molecule has 0 aliphatic heterocycles. The van der Waals surface area contributed by atoms with Gasteiger partial charge in [-0.05, 0) is 41.5 Å². The predicted molar refractivity (Wildman–Crippen MR) is 80.1 cm³/mol. The highest BCUT2D eigenvalue weighted by Crippen LogP contribution is 2.27. The van der Waals surface area contributed by atoms with Crippen molar-refractivity contribution in [2.45, 2.75) is 6.42 Å². The standard InChI is InChI=1S/C16H13BrO2/c17-14-4-1-11(2-5-14)12-3-6-16-13(9-12)10-15(19-16)7-8-18/h1-6,9-10,18H,7-8H2. The fourth-order valence-electron chi connectivity index (χ4n) is 2.15. The van der Waals surface area contributed by atoms with Crippen LogP contribution in [0, 0.1) is 0 Å². The maximum atomic E-state index is 8.94. The first-order chi connectivity index (χ1) is 9.26. The molecule has 96 valence electrons. The summed E-state index contributed by atoms with van der Waals surface area (Å²) in [5, 5.41) is 10.0. The minimum atomic E-state index is 0.111. The predicted octanol–water partition coefficient (Wildman–Crippen LogP) is 4.40. The van der Waals surface area contributed by atoms with Crippen LogP contribution in [0.1, 0.15) is 5.76 Å². The Bertz CT molecular complexity index is 698. The molecule has 1 N–H and O–H groups in total. The first kappa shape index (κ1) is 12.5. The van der Waals surface area contributed by atoms with Crippen LogP contribution in [0.25, 0.3) is 22.1 Å². The molecular weight excluding hydrogens is 304 g/mol. The minimum absolute atomic E-state index is 0.111. The van der Waals surface area contributed by atoms with Crippen LogP contribution in [0.3, 0.4) is 0 Å². The van der Waals surface area contributed by atoms with Gasteiger partial charge in [-0.3, -0.25) is 0 Å². The van der Waals surface area contributed by atoms with E-state index in [4.69, 9.17) is 9.52 Å². The summed E-state index contributed by atoms with van der Waals surface area (Å²) in [4.78, 5) is 0. The minimum Gasteiger partial charge on any atom is -0.461 e. The molecule has 1 heterocycles. The maximum Gasteiger partial charge on any atom is 0.134 e. The lowest BCUT2D eigenvalue weighted by atomic mass is 10.0. The zero-order valence-corrected chi connectivity index (χ0v) is 11.9. The summed E-state index contributed by atoms with van der Waals surface area (Å²) in [7, 11) is 0. The van der Waals surface area contributed by atoms with Crippen LogP contribution in [-0.2, 0) is 6.42 Å². The van der Waals surface area contributed by atoms with E-state index in [1.54, 1.807) is 0 Å². The van der Waals surface area contributed by atoms with Crippen molar-refractivity contribution in [2.75, 3.05) is 6.61 Å². The van der Waals surface area contributed by atoms with Gasteiger partial charge in [0, 0.05) is 16.3 Å². The maximum absolute atomic E-state index is 8.94. The third-order valence-corrected chi connectivity index (χ3v) is 3.63. The zero-order chi connectivity index (χ0) is 13.2. The summed E-state index contributed by atoms with van der Waals surface area (Å²) in [6.07, 6.45) is 0.558. The van der Waals surface area contributed by atoms with E-state index in [1.165, 1.54) is 5.56 Å². The van der Waals surface area contributed by atoms with Crippen LogP contribution in [0.4, 0.5) is 0 Å². The van der Waals surface area contributed by atoms with E-state index in [0.717, 1.165) is 26.8 Å². The van der Waals surface area contributed by atoms with E-state index in [0.29, 0.717) is 6.42 Å². The molecule has 0 atom stereocenters. The molecule has 19 heavy (non-hydrogen) atoms. The number of fused-ring (bicyclic) bond motifs is 1. The van der Waals surface area contributed by atoms with Crippen molar-refractivity contribution in [1.29, 1.82) is 0 Å². The summed E-state index contributed by atoms with van der Waals surface area (Å²) in [5.41, 5.74) is 3.20. The monoisotopic (exact) mass is 316 g/mol. The van der Waals surface area contributed by atoms with Crippen molar-refractivity contribution in [1.82, 2.24) is 0 Å². The average Bonchev–Trinajstić information content (AvgIpc) is 2.81. The topological polar surface area (TPSA) is 33.4 Å². The number of furan rings is 1. The number of aliphatic hydroxyl groups is 1. The second-order valence-corrected chi connectivity index (χ2v) is 5.36. The number of rotatable bonds is 3. The molecule has 0 aliphatic rings. The molecule has 0 bridgehead atoms. The second-order valence-electron chi connectivity index (χ2n) is 4.45. The summed E-state index contributed by atoms with van der Waals surface area (Å²) >= 11 is 3.44. The highest BCUT2D eigenvalue weighted by molar-refractivity contribution is 9.10. The van der Waals surface area contributed by atoms with Crippen molar-refractivity contribution in [3.05, 3.63) is 58.8 Å². The van der Waals surface area contributed by atoms with Crippen molar-refractivity contribution in [3.63, 3.8) is 0 Å². The van der Waals surface area contributed by atoms with Gasteiger partial charge in [0.1, 0.15) is 11.3 Å². The van der Waals surface area contributed by atoms with E-state index in [1.807, 2.05) is 24.3 Å². The number of aliphatic hydroxyl groups excluding tert-OH is 1. The van der Waals surface area contributed by atoms with Gasteiger partial charge < -0.3 is 9.52 Å². The molecule has 3 rings (SSSR count). The van der Waals surface area contributed by atoms with Gasteiger partial charge in [-0.25, -0.2) is 0 Å². The lowest BCUT2D eigenvalue weighted by molar-refractivity contribution is 0.289. The average molecular weight is 317 g/mol. The molecule has 1 aromatic heterocycles. The Hall–Kier alpha value is -1.58. The van der Waals surface area contributed by atoms with Gasteiger partial charge in [-0.1, -0.05) is 34.1 Å². The van der Waals surface area contributed by atoms with Crippen molar-refractivity contribution in [2.24, 2.45) is 0 Å². The van der Waals surface area contributed by atoms with Crippen LogP contribution >= 0.6 is 15.9 Å². The van der Waals surface area contributed by atoms with Gasteiger partial charge in [0.15, 0.2) is 0 Å². The smallest absolute Gasteiger partial charge is 0.134 e. The number of halogens is 1. The first-order valence-electron chi connectivity index (χ1n) is 6.15. The third kappa shape index (κ3) is 2.57. The molecule has 0 radical (unpaired) electrons. The van der Waals surface area contributed by atoms with Gasteiger partial charge in [0.2, 0.25) is 0 Å². The Morgan fingerprint density at radius 2 is 1.68 bits per heavy atom. The highest BCUT2D eigenvalue weighted by atomic mass is 79.9. The summed E-state index contributed by atoms with van der Waals surface area (Å²) in [5.74, 6) is 0.824. The Morgan fingerprint density at radius 1 is 0.947 bits per heavy atom. The van der Waals surface area contributed by atoms with E-state index < -0.39 is 0 Å². The number of hydrogen-bond donors (Lipinski definition) is 1. The Labute approximate surface area is 119 Å². The summed E-state index contributed by atoms with van der Waals surface area (Å²) in [6, 6.07) is 16.4. The van der Waals surface area contributed by atoms with Gasteiger partial charge in [0.25, 0.3) is 0 Å². The van der Waals surface area contributed by atoms with Crippen molar-refractivity contribution >= 4 is 26.9 Å². The van der Waals surface area contributed by atoms with Crippen LogP contribution in [-0.4, -0.2) is 11.7 Å². The third-order valence-electron chi connectivity index (χ3n) is 3.10. The Morgan fingerprint density at radius 3 is 2.42 bits per heavy atom. The molecule has 0 spiro atoms. The summed E-state index contributed by atoms with van der Waals surface area (Å²) < 4.78 is 6.73. The zero-order valence-electron chi connectivity index (χ0n) is 10.3. The Balaban J connectivity index is 2.03. The van der Waals surface area contributed by atoms with E-state index in [-0.39, 0.29) is 6.61 Å². The normalized spacial score (nSPS) is 11.1. The molecule has 3 heteroatoms. The SMILES string of the molecule is OCCc1cc2cc(-c3ccc(Br)cc3)ccc2o1. The fraction of sp³-hybridized carbons (Fsp3) is 0.125. The molecule has 2 aromatic carbocycles. The fourth-order valence-corrected chi connectivity index (χ4v) is 2.42. The quantitative estimate of drug-likeness (QED) is 0.777. The van der Waals surface area contributed by atoms with Gasteiger partial charge in [0.05, 0.1) is 6.61 Å². The molecule has 0 fully saturated rings. The lowest BCUT2D eigenvalue weighted by Gasteiger charge is -2.01. The first-order valence-corrected chi connectivity index (χ1v) is 6.95. The molecule has 3 aromatic rings. The van der Waals surface area contributed by atoms with Crippen molar-refractivity contribution in [3.8, 4) is 11.1 Å². The van der Waals surface area contributed by atoms with Gasteiger partial charge >= 0.3 is 0 Å². The van der Waals surface area contributed by atoms with Crippen LogP contribution < -0.4 is 0 Å². The highest BCUT2D eigenvalue weighted by Gasteiger charge is 2.05. The molecule has 0 saturated carbocycles. The molecule has 0 aliphatic carbocycles. The van der Waals surface area contributed by atoms with E-state index >= 15 is 0 Å². The van der Waals surface area contributed by atoms with Crippen LogP contribution in [0.5, 0.6) is 0 Å². The van der Waals surface area contributed by atoms with Crippen LogP contribution in [0.15, 0.2) is 57.4 Å². The number of hydrogen-bond acceptors (Lipinski definition) is 2. The van der Waals surface area contributed by atoms with Gasteiger partial charge in [-0.15, -0.1) is 0 Å². The van der Waals surface area contributed by atoms with Crippen LogP contribution in [0.2, 0.25) is 0 Å². The van der Waals surface area contributed by atoms with E-state index in [2.05, 4.69) is 40.2 Å². The largest absolute Gasteiger partial charge is 0.461 e. The molecule has 2 nitrogen and oxygen atoms in total. The Kier molecular flexibility index (Phi) is 3.40. The molecule has 0 amide bonds. The molecule has 0 saturated heterocycles. The lowest BCUT2D eigenvalue weighted by Crippen LogP contribution is -1.85. The summed E-state index contributed by atoms with van der Waals surface area (Å²) in [6.45, 7) is 0.111. The molecule has 0 unspecified atom stereocenters.